The lowest BCUT2D eigenvalue weighted by atomic mass is 9.93. The standard InChI is InChI=1S/C33H29F2N5O4S/c1-4-27(41)37-17(2)24-15-25(40-39-24)32-30(29-23(35)13-21(34)14-26(29)44-9-8-43-3)33-22(7-10-45-33)31(38-32)19-6-5-18-12-28(42)36-16-20(18)11-19/h4-7,10-11,13-15,17H,1,8-9,12,16H2,2-3H3,(H,36,42)(H,37,41)(H,39,40). The lowest BCUT2D eigenvalue weighted by Crippen LogP contribution is -2.30. The van der Waals surface area contributed by atoms with Crippen molar-refractivity contribution in [1.29, 1.82) is 0 Å². The molecule has 9 nitrogen and oxygen atoms in total. The molecule has 1 atom stereocenters. The van der Waals surface area contributed by atoms with Crippen LogP contribution in [0.25, 0.3) is 43.9 Å². The zero-order valence-electron chi connectivity index (χ0n) is 24.5. The van der Waals surface area contributed by atoms with Crippen LogP contribution in [0.2, 0.25) is 0 Å². The Kier molecular flexibility index (Phi) is 8.42. The molecule has 0 saturated carbocycles. The van der Waals surface area contributed by atoms with Crippen LogP contribution >= 0.6 is 11.3 Å². The molecule has 3 aromatic heterocycles. The number of carbonyl (C=O) groups is 2. The van der Waals surface area contributed by atoms with Crippen molar-refractivity contribution in [3.8, 4) is 39.5 Å². The van der Waals surface area contributed by atoms with Crippen molar-refractivity contribution in [3.63, 3.8) is 0 Å². The maximum Gasteiger partial charge on any atom is 0.243 e. The van der Waals surface area contributed by atoms with Crippen LogP contribution in [0.15, 0.2) is 60.5 Å². The van der Waals surface area contributed by atoms with Crippen molar-refractivity contribution in [2.24, 2.45) is 0 Å². The fraction of sp³-hybridized carbons (Fsp3) is 0.212. The summed E-state index contributed by atoms with van der Waals surface area (Å²) in [6.45, 7) is 5.97. The number of fused-ring (bicyclic) bond motifs is 2. The van der Waals surface area contributed by atoms with Gasteiger partial charge in [0.05, 0.1) is 36.0 Å². The van der Waals surface area contributed by atoms with Gasteiger partial charge in [0.25, 0.3) is 0 Å². The molecule has 1 unspecified atom stereocenters. The first kappa shape index (κ1) is 30.1. The number of ether oxygens (including phenoxy) is 2. The van der Waals surface area contributed by atoms with Gasteiger partial charge in [0, 0.05) is 47.0 Å². The summed E-state index contributed by atoms with van der Waals surface area (Å²) >= 11 is 1.39. The monoisotopic (exact) mass is 629 g/mol. The number of amides is 2. The van der Waals surface area contributed by atoms with E-state index < -0.39 is 17.7 Å². The minimum absolute atomic E-state index is 0.00180. The maximum absolute atomic E-state index is 15.9. The third kappa shape index (κ3) is 5.94. The summed E-state index contributed by atoms with van der Waals surface area (Å²) in [5.41, 5.74) is 5.09. The minimum atomic E-state index is -0.820. The Morgan fingerprint density at radius 1 is 1.13 bits per heavy atom. The number of thiophene rings is 1. The summed E-state index contributed by atoms with van der Waals surface area (Å²) in [5.74, 6) is -1.98. The van der Waals surface area contributed by atoms with Gasteiger partial charge in [0.1, 0.15) is 35.4 Å². The fourth-order valence-electron chi connectivity index (χ4n) is 5.37. The Morgan fingerprint density at radius 2 is 1.98 bits per heavy atom. The molecular weight excluding hydrogens is 600 g/mol. The van der Waals surface area contributed by atoms with Gasteiger partial charge in [-0.1, -0.05) is 18.7 Å². The van der Waals surface area contributed by atoms with Crippen molar-refractivity contribution in [3.05, 3.63) is 89.0 Å². The molecule has 3 N–H and O–H groups in total. The Hall–Kier alpha value is -4.94. The first-order chi connectivity index (χ1) is 21.8. The van der Waals surface area contributed by atoms with Crippen LogP contribution < -0.4 is 15.4 Å². The molecule has 0 bridgehead atoms. The molecular formula is C33H29F2N5O4S. The number of halogens is 2. The smallest absolute Gasteiger partial charge is 0.243 e. The summed E-state index contributed by atoms with van der Waals surface area (Å²) in [4.78, 5) is 29.0. The Bertz CT molecular complexity index is 1950. The highest BCUT2D eigenvalue weighted by Gasteiger charge is 2.27. The molecule has 0 spiro atoms. The molecule has 2 amide bonds. The van der Waals surface area contributed by atoms with E-state index in [1.54, 1.807) is 13.0 Å². The van der Waals surface area contributed by atoms with Gasteiger partial charge in [0.15, 0.2) is 0 Å². The molecule has 230 valence electrons. The molecule has 4 heterocycles. The lowest BCUT2D eigenvalue weighted by molar-refractivity contribution is -0.121. The first-order valence-corrected chi connectivity index (χ1v) is 15.0. The number of hydrogen-bond acceptors (Lipinski definition) is 7. The molecule has 6 rings (SSSR count). The Labute approximate surface area is 261 Å². The molecule has 0 radical (unpaired) electrons. The molecule has 0 fully saturated rings. The lowest BCUT2D eigenvalue weighted by Gasteiger charge is -2.19. The normalized spacial score (nSPS) is 13.3. The average Bonchev–Trinajstić information content (AvgIpc) is 3.71. The molecule has 1 aliphatic heterocycles. The zero-order valence-corrected chi connectivity index (χ0v) is 25.3. The third-order valence-corrected chi connectivity index (χ3v) is 8.51. The number of aromatic amines is 1. The highest BCUT2D eigenvalue weighted by molar-refractivity contribution is 7.18. The largest absolute Gasteiger partial charge is 0.490 e. The van der Waals surface area contributed by atoms with E-state index in [1.807, 2.05) is 29.6 Å². The van der Waals surface area contributed by atoms with Crippen molar-refractivity contribution < 1.29 is 27.8 Å². The van der Waals surface area contributed by atoms with Gasteiger partial charge < -0.3 is 20.1 Å². The van der Waals surface area contributed by atoms with Crippen molar-refractivity contribution in [2.75, 3.05) is 20.3 Å². The van der Waals surface area contributed by atoms with Gasteiger partial charge >= 0.3 is 0 Å². The predicted octanol–water partition coefficient (Wildman–Crippen LogP) is 5.86. The second-order valence-corrected chi connectivity index (χ2v) is 11.4. The Balaban J connectivity index is 1.59. The van der Waals surface area contributed by atoms with Gasteiger partial charge in [-0.15, -0.1) is 11.3 Å². The first-order valence-electron chi connectivity index (χ1n) is 14.2. The second kappa shape index (κ2) is 12.6. The van der Waals surface area contributed by atoms with Gasteiger partial charge in [-0.3, -0.25) is 14.7 Å². The van der Waals surface area contributed by atoms with Crippen LogP contribution in [0.5, 0.6) is 5.75 Å². The van der Waals surface area contributed by atoms with Crippen LogP contribution in [-0.2, 0) is 27.3 Å². The number of methoxy groups -OCH3 is 1. The Morgan fingerprint density at radius 3 is 2.78 bits per heavy atom. The third-order valence-electron chi connectivity index (χ3n) is 7.58. The van der Waals surface area contributed by atoms with Crippen LogP contribution in [-0.4, -0.2) is 47.3 Å². The molecule has 0 saturated heterocycles. The number of aromatic nitrogens is 3. The van der Waals surface area contributed by atoms with E-state index in [9.17, 15) is 14.0 Å². The molecule has 2 aromatic carbocycles. The number of pyridine rings is 1. The summed E-state index contributed by atoms with van der Waals surface area (Å²) in [6, 6.07) is 11.0. The molecule has 12 heteroatoms. The van der Waals surface area contributed by atoms with Crippen LogP contribution in [0.4, 0.5) is 8.78 Å². The SMILES string of the molecule is C=CC(=O)NC(C)c1cc(-c2nc(-c3ccc4c(c3)CNC(=O)C4)c3ccsc3c2-c2c(F)cc(F)cc2OCCOC)n[nH]1. The molecule has 45 heavy (non-hydrogen) atoms. The van der Waals surface area contributed by atoms with E-state index in [2.05, 4.69) is 27.4 Å². The molecule has 5 aromatic rings. The fourth-order valence-corrected chi connectivity index (χ4v) is 6.32. The number of nitrogens with zero attached hydrogens (tertiary/aromatic N) is 2. The van der Waals surface area contributed by atoms with E-state index in [1.165, 1.54) is 24.5 Å². The van der Waals surface area contributed by atoms with Gasteiger partial charge in [-0.05, 0) is 47.7 Å². The van der Waals surface area contributed by atoms with Gasteiger partial charge in [0.2, 0.25) is 11.8 Å². The summed E-state index contributed by atoms with van der Waals surface area (Å²) in [5, 5.41) is 15.8. The number of benzene rings is 2. The van der Waals surface area contributed by atoms with Gasteiger partial charge in [-0.25, -0.2) is 13.8 Å². The number of nitrogens with one attached hydrogen (secondary N) is 3. The van der Waals surface area contributed by atoms with Crippen LogP contribution in [0.1, 0.15) is 29.8 Å². The topological polar surface area (TPSA) is 118 Å². The minimum Gasteiger partial charge on any atom is -0.490 e. The molecule has 1 aliphatic rings. The van der Waals surface area contributed by atoms with Crippen molar-refractivity contribution >= 4 is 33.2 Å². The van der Waals surface area contributed by atoms with Crippen molar-refractivity contribution in [1.82, 2.24) is 25.8 Å². The highest BCUT2D eigenvalue weighted by Crippen LogP contribution is 2.47. The summed E-state index contributed by atoms with van der Waals surface area (Å²) < 4.78 is 42.1. The maximum atomic E-state index is 15.9. The van der Waals surface area contributed by atoms with Gasteiger partial charge in [-0.2, -0.15) is 5.10 Å². The number of carbonyl (C=O) groups excluding carboxylic acids is 2. The summed E-state index contributed by atoms with van der Waals surface area (Å²) in [7, 11) is 1.51. The van der Waals surface area contributed by atoms with E-state index in [-0.39, 0.29) is 36.3 Å². The predicted molar refractivity (Wildman–Crippen MR) is 168 cm³/mol. The number of H-pyrrole nitrogens is 1. The number of hydrogen-bond donors (Lipinski definition) is 3. The second-order valence-electron chi connectivity index (χ2n) is 10.5. The quantitative estimate of drug-likeness (QED) is 0.132. The van der Waals surface area contributed by atoms with E-state index in [4.69, 9.17) is 14.5 Å². The van der Waals surface area contributed by atoms with Crippen molar-refractivity contribution in [2.45, 2.75) is 25.9 Å². The number of rotatable bonds is 10. The van der Waals surface area contributed by atoms with E-state index >= 15 is 4.39 Å². The zero-order chi connectivity index (χ0) is 31.7. The van der Waals surface area contributed by atoms with Crippen LogP contribution in [0, 0.1) is 11.6 Å². The summed E-state index contributed by atoms with van der Waals surface area (Å²) in [6.07, 6.45) is 1.48. The molecule has 0 aliphatic carbocycles. The van der Waals surface area contributed by atoms with E-state index in [0.29, 0.717) is 46.0 Å². The van der Waals surface area contributed by atoms with E-state index in [0.717, 1.165) is 34.2 Å². The highest BCUT2D eigenvalue weighted by atomic mass is 32.1. The van der Waals surface area contributed by atoms with Crippen LogP contribution in [0.3, 0.4) is 0 Å². The average molecular weight is 630 g/mol.